The number of esters is 1. The molecular formula is C7H10N2O3. The van der Waals surface area contributed by atoms with Gasteiger partial charge in [0.1, 0.15) is 0 Å². The van der Waals surface area contributed by atoms with Crippen molar-refractivity contribution in [3.05, 3.63) is 11.6 Å². The van der Waals surface area contributed by atoms with Gasteiger partial charge in [-0.15, -0.1) is 0 Å². The van der Waals surface area contributed by atoms with E-state index >= 15 is 0 Å². The fourth-order valence-electron chi connectivity index (χ4n) is 0.789. The molecule has 0 spiro atoms. The number of rotatable bonds is 2. The van der Waals surface area contributed by atoms with Crippen molar-refractivity contribution in [3.63, 3.8) is 0 Å². The average molecular weight is 170 g/mol. The van der Waals surface area contributed by atoms with Crippen molar-refractivity contribution in [1.82, 2.24) is 4.98 Å². The second-order valence-corrected chi connectivity index (χ2v) is 2.17. The lowest BCUT2D eigenvalue weighted by molar-refractivity contribution is 0.0521. The summed E-state index contributed by atoms with van der Waals surface area (Å²) in [6, 6.07) is 0. The van der Waals surface area contributed by atoms with Crippen LogP contribution in [-0.2, 0) is 4.74 Å². The van der Waals surface area contributed by atoms with Crippen LogP contribution in [0.25, 0.3) is 0 Å². The zero-order chi connectivity index (χ0) is 9.14. The second-order valence-electron chi connectivity index (χ2n) is 2.17. The number of aromatic nitrogens is 1. The molecule has 1 aromatic rings. The van der Waals surface area contributed by atoms with Crippen LogP contribution in [0.2, 0.25) is 0 Å². The lowest BCUT2D eigenvalue weighted by Crippen LogP contribution is -2.07. The van der Waals surface area contributed by atoms with Crippen LogP contribution in [-0.4, -0.2) is 17.6 Å². The maximum absolute atomic E-state index is 11.1. The Kier molecular flexibility index (Phi) is 2.32. The highest BCUT2D eigenvalue weighted by Crippen LogP contribution is 2.13. The SMILES string of the molecule is CCOC(=O)c1nc(C)oc1N. The van der Waals surface area contributed by atoms with Crippen molar-refractivity contribution >= 4 is 11.9 Å². The van der Waals surface area contributed by atoms with Gasteiger partial charge in [0.2, 0.25) is 11.6 Å². The Morgan fingerprint density at radius 2 is 2.42 bits per heavy atom. The van der Waals surface area contributed by atoms with Crippen LogP contribution in [0.4, 0.5) is 5.88 Å². The van der Waals surface area contributed by atoms with Crippen molar-refractivity contribution in [2.75, 3.05) is 12.3 Å². The summed E-state index contributed by atoms with van der Waals surface area (Å²) in [5, 5.41) is 0. The number of carbonyl (C=O) groups is 1. The predicted molar refractivity (Wildman–Crippen MR) is 41.6 cm³/mol. The summed E-state index contributed by atoms with van der Waals surface area (Å²) in [5.41, 5.74) is 5.39. The average Bonchev–Trinajstić information content (AvgIpc) is 2.30. The molecule has 0 aliphatic rings. The molecule has 0 radical (unpaired) electrons. The van der Waals surface area contributed by atoms with Crippen LogP contribution in [0.15, 0.2) is 4.42 Å². The van der Waals surface area contributed by atoms with E-state index in [0.29, 0.717) is 12.5 Å². The molecule has 0 aliphatic carbocycles. The first-order valence-corrected chi connectivity index (χ1v) is 3.55. The molecule has 5 heteroatoms. The van der Waals surface area contributed by atoms with E-state index in [1.165, 1.54) is 0 Å². The Morgan fingerprint density at radius 1 is 1.75 bits per heavy atom. The van der Waals surface area contributed by atoms with Crippen molar-refractivity contribution in [1.29, 1.82) is 0 Å². The number of anilines is 1. The van der Waals surface area contributed by atoms with Crippen LogP contribution >= 0.6 is 0 Å². The fraction of sp³-hybridized carbons (Fsp3) is 0.429. The van der Waals surface area contributed by atoms with Gasteiger partial charge in [-0.25, -0.2) is 9.78 Å². The summed E-state index contributed by atoms with van der Waals surface area (Å²) >= 11 is 0. The monoisotopic (exact) mass is 170 g/mol. The van der Waals surface area contributed by atoms with Crippen molar-refractivity contribution < 1.29 is 13.9 Å². The molecular weight excluding hydrogens is 160 g/mol. The molecule has 0 amide bonds. The highest BCUT2D eigenvalue weighted by Gasteiger charge is 2.16. The smallest absolute Gasteiger partial charge is 0.362 e. The van der Waals surface area contributed by atoms with E-state index in [-0.39, 0.29) is 11.6 Å². The number of ether oxygens (including phenoxy) is 1. The Balaban J connectivity index is 2.87. The number of carbonyl (C=O) groups excluding carboxylic acids is 1. The molecule has 0 fully saturated rings. The third kappa shape index (κ3) is 1.55. The number of nitrogens with two attached hydrogens (primary N) is 1. The highest BCUT2D eigenvalue weighted by atomic mass is 16.5. The molecule has 0 bridgehead atoms. The minimum atomic E-state index is -0.549. The lowest BCUT2D eigenvalue weighted by Gasteiger charge is -1.96. The number of oxazole rings is 1. The van der Waals surface area contributed by atoms with Gasteiger partial charge >= 0.3 is 5.97 Å². The van der Waals surface area contributed by atoms with E-state index in [1.54, 1.807) is 13.8 Å². The molecule has 0 unspecified atom stereocenters. The van der Waals surface area contributed by atoms with E-state index in [1.807, 2.05) is 0 Å². The summed E-state index contributed by atoms with van der Waals surface area (Å²) in [5.74, 6) is -0.187. The quantitative estimate of drug-likeness (QED) is 0.662. The molecule has 0 aromatic carbocycles. The maximum atomic E-state index is 11.1. The van der Waals surface area contributed by atoms with Crippen molar-refractivity contribution in [2.45, 2.75) is 13.8 Å². The molecule has 1 aromatic heterocycles. The molecule has 0 saturated carbocycles. The highest BCUT2D eigenvalue weighted by molar-refractivity contribution is 5.91. The van der Waals surface area contributed by atoms with E-state index in [9.17, 15) is 4.79 Å². The van der Waals surface area contributed by atoms with E-state index < -0.39 is 5.97 Å². The largest absolute Gasteiger partial charge is 0.461 e. The van der Waals surface area contributed by atoms with Crippen LogP contribution in [0.5, 0.6) is 0 Å². The van der Waals surface area contributed by atoms with Gasteiger partial charge in [-0.05, 0) is 6.92 Å². The fourth-order valence-corrected chi connectivity index (χ4v) is 0.789. The van der Waals surface area contributed by atoms with E-state index in [2.05, 4.69) is 9.72 Å². The summed E-state index contributed by atoms with van der Waals surface area (Å²) in [4.78, 5) is 14.8. The summed E-state index contributed by atoms with van der Waals surface area (Å²) in [6.45, 7) is 3.62. The number of aryl methyl sites for hydroxylation is 1. The lowest BCUT2D eigenvalue weighted by atomic mass is 10.4. The molecule has 5 nitrogen and oxygen atoms in total. The van der Waals surface area contributed by atoms with Gasteiger partial charge in [0.25, 0.3) is 0 Å². The Morgan fingerprint density at radius 3 is 2.83 bits per heavy atom. The van der Waals surface area contributed by atoms with Gasteiger partial charge < -0.3 is 14.9 Å². The minimum Gasteiger partial charge on any atom is -0.461 e. The number of nitrogen functional groups attached to an aromatic ring is 1. The van der Waals surface area contributed by atoms with Crippen LogP contribution in [0.3, 0.4) is 0 Å². The van der Waals surface area contributed by atoms with Gasteiger partial charge in [0.05, 0.1) is 6.61 Å². The first kappa shape index (κ1) is 8.58. The van der Waals surface area contributed by atoms with Gasteiger partial charge in [0, 0.05) is 6.92 Å². The molecule has 0 aliphatic heterocycles. The van der Waals surface area contributed by atoms with Crippen molar-refractivity contribution in [2.24, 2.45) is 0 Å². The van der Waals surface area contributed by atoms with Crippen molar-refractivity contribution in [3.8, 4) is 0 Å². The normalized spacial score (nSPS) is 9.83. The third-order valence-electron chi connectivity index (χ3n) is 1.23. The van der Waals surface area contributed by atoms with Crippen LogP contribution in [0, 0.1) is 6.92 Å². The Labute approximate surface area is 69.5 Å². The topological polar surface area (TPSA) is 78.3 Å². The zero-order valence-corrected chi connectivity index (χ0v) is 6.96. The standard InChI is InChI=1S/C7H10N2O3/c1-3-11-7(10)5-6(8)12-4(2)9-5/h3,8H2,1-2H3. The molecule has 0 atom stereocenters. The minimum absolute atomic E-state index is 0.00551. The zero-order valence-electron chi connectivity index (χ0n) is 6.96. The van der Waals surface area contributed by atoms with Crippen LogP contribution in [0.1, 0.15) is 23.3 Å². The summed E-state index contributed by atoms with van der Waals surface area (Å²) in [6.07, 6.45) is 0. The number of hydrogen-bond donors (Lipinski definition) is 1. The van der Waals surface area contributed by atoms with Crippen LogP contribution < -0.4 is 5.73 Å². The Hall–Kier alpha value is -1.52. The van der Waals surface area contributed by atoms with Gasteiger partial charge in [-0.3, -0.25) is 0 Å². The first-order valence-electron chi connectivity index (χ1n) is 3.55. The van der Waals surface area contributed by atoms with E-state index in [0.717, 1.165) is 0 Å². The second kappa shape index (κ2) is 3.25. The molecule has 1 rings (SSSR count). The van der Waals surface area contributed by atoms with Gasteiger partial charge in [0.15, 0.2) is 5.89 Å². The van der Waals surface area contributed by atoms with Gasteiger partial charge in [-0.2, -0.15) is 0 Å². The number of hydrogen-bond acceptors (Lipinski definition) is 5. The predicted octanol–water partition coefficient (Wildman–Crippen LogP) is 0.742. The van der Waals surface area contributed by atoms with Gasteiger partial charge in [-0.1, -0.05) is 0 Å². The summed E-state index contributed by atoms with van der Waals surface area (Å²) in [7, 11) is 0. The molecule has 12 heavy (non-hydrogen) atoms. The molecule has 1 heterocycles. The molecule has 66 valence electrons. The Bertz CT molecular complexity index is 293. The maximum Gasteiger partial charge on any atom is 0.362 e. The molecule has 0 saturated heterocycles. The first-order chi connectivity index (χ1) is 5.65. The molecule has 2 N–H and O–H groups in total. The summed E-state index contributed by atoms with van der Waals surface area (Å²) < 4.78 is 9.53. The van der Waals surface area contributed by atoms with E-state index in [4.69, 9.17) is 10.2 Å². The number of nitrogens with zero attached hydrogens (tertiary/aromatic N) is 1. The third-order valence-corrected chi connectivity index (χ3v) is 1.23.